The van der Waals surface area contributed by atoms with E-state index in [0.29, 0.717) is 25.2 Å². The van der Waals surface area contributed by atoms with Crippen molar-refractivity contribution in [2.24, 2.45) is 5.92 Å². The van der Waals surface area contributed by atoms with Crippen LogP contribution < -0.4 is 4.90 Å². The Balaban J connectivity index is 2.29. The second-order valence-corrected chi connectivity index (χ2v) is 5.06. The van der Waals surface area contributed by atoms with E-state index in [1.54, 1.807) is 6.07 Å². The Kier molecular flexibility index (Phi) is 3.56. The maximum atomic E-state index is 12.9. The molecule has 0 radical (unpaired) electrons. The first-order valence-corrected chi connectivity index (χ1v) is 6.24. The molecule has 1 heterocycles. The number of Topliss-reactive ketones (excluding diaryl/α,β-unsaturated/α-hetero) is 1. The first kappa shape index (κ1) is 13.9. The van der Waals surface area contributed by atoms with Gasteiger partial charge in [-0.05, 0) is 24.6 Å². The highest BCUT2D eigenvalue weighted by molar-refractivity contribution is 5.83. The van der Waals surface area contributed by atoms with Crippen molar-refractivity contribution >= 4 is 11.5 Å². The molecule has 1 aliphatic heterocycles. The summed E-state index contributed by atoms with van der Waals surface area (Å²) in [6.07, 6.45) is -3.94. The fourth-order valence-electron chi connectivity index (χ4n) is 2.36. The van der Waals surface area contributed by atoms with Crippen LogP contribution in [-0.4, -0.2) is 18.9 Å². The van der Waals surface area contributed by atoms with E-state index in [2.05, 4.69) is 0 Å². The smallest absolute Gasteiger partial charge is 0.370 e. The van der Waals surface area contributed by atoms with Gasteiger partial charge in [-0.2, -0.15) is 13.2 Å². The molecule has 0 aliphatic carbocycles. The lowest BCUT2D eigenvalue weighted by atomic mass is 9.97. The van der Waals surface area contributed by atoms with Gasteiger partial charge in [-0.1, -0.05) is 13.0 Å². The van der Waals surface area contributed by atoms with Crippen molar-refractivity contribution in [2.75, 3.05) is 18.0 Å². The summed E-state index contributed by atoms with van der Waals surface area (Å²) in [6.45, 7) is 4.24. The number of carbonyl (C=O) groups excluding carboxylic acids is 1. The van der Waals surface area contributed by atoms with Crippen LogP contribution in [0.5, 0.6) is 0 Å². The van der Waals surface area contributed by atoms with Gasteiger partial charge in [-0.25, -0.2) is 0 Å². The number of aryl methyl sites for hydroxylation is 1. The third-order valence-corrected chi connectivity index (χ3v) is 3.56. The standard InChI is InChI=1S/C14H16F3NO/c1-9-3-4-11(7-12(9)14(15,16)17)18-6-5-13(19)10(2)8-18/h3-4,7,10H,5-6,8H2,1-2H3. The molecule has 0 N–H and O–H groups in total. The first-order valence-electron chi connectivity index (χ1n) is 6.24. The van der Waals surface area contributed by atoms with Gasteiger partial charge in [0.15, 0.2) is 0 Å². The van der Waals surface area contributed by atoms with E-state index in [9.17, 15) is 18.0 Å². The Morgan fingerprint density at radius 1 is 1.32 bits per heavy atom. The maximum Gasteiger partial charge on any atom is 0.416 e. The van der Waals surface area contributed by atoms with Crippen molar-refractivity contribution in [3.05, 3.63) is 29.3 Å². The van der Waals surface area contributed by atoms with E-state index < -0.39 is 11.7 Å². The number of carbonyl (C=O) groups is 1. The number of hydrogen-bond donors (Lipinski definition) is 0. The highest BCUT2D eigenvalue weighted by Crippen LogP contribution is 2.34. The molecule has 2 nitrogen and oxygen atoms in total. The van der Waals surface area contributed by atoms with Gasteiger partial charge >= 0.3 is 6.18 Å². The third-order valence-electron chi connectivity index (χ3n) is 3.56. The van der Waals surface area contributed by atoms with E-state index in [1.165, 1.54) is 19.1 Å². The second-order valence-electron chi connectivity index (χ2n) is 5.06. The lowest BCUT2D eigenvalue weighted by molar-refractivity contribution is -0.138. The van der Waals surface area contributed by atoms with Crippen LogP contribution in [0.1, 0.15) is 24.5 Å². The average molecular weight is 271 g/mol. The van der Waals surface area contributed by atoms with Crippen molar-refractivity contribution in [1.82, 2.24) is 0 Å². The Bertz CT molecular complexity index is 496. The van der Waals surface area contributed by atoms with Gasteiger partial charge in [-0.15, -0.1) is 0 Å². The zero-order chi connectivity index (χ0) is 14.2. The Morgan fingerprint density at radius 2 is 2.00 bits per heavy atom. The fraction of sp³-hybridized carbons (Fsp3) is 0.500. The highest BCUT2D eigenvalue weighted by atomic mass is 19.4. The Hall–Kier alpha value is -1.52. The summed E-state index contributed by atoms with van der Waals surface area (Å²) in [5.74, 6) is 0.0591. The van der Waals surface area contributed by atoms with Gasteiger partial charge in [0.1, 0.15) is 5.78 Å². The summed E-state index contributed by atoms with van der Waals surface area (Å²) in [5, 5.41) is 0. The number of rotatable bonds is 1. The number of anilines is 1. The molecule has 1 aromatic rings. The predicted octanol–water partition coefficient (Wildman–Crippen LogP) is 3.43. The van der Waals surface area contributed by atoms with Crippen molar-refractivity contribution in [1.29, 1.82) is 0 Å². The zero-order valence-corrected chi connectivity index (χ0v) is 10.9. The zero-order valence-electron chi connectivity index (χ0n) is 10.9. The number of hydrogen-bond acceptors (Lipinski definition) is 2. The van der Waals surface area contributed by atoms with Gasteiger partial charge in [0.2, 0.25) is 0 Å². The summed E-state index contributed by atoms with van der Waals surface area (Å²) in [4.78, 5) is 13.3. The van der Waals surface area contributed by atoms with Crippen LogP contribution in [0.2, 0.25) is 0 Å². The monoisotopic (exact) mass is 271 g/mol. The molecule has 1 aliphatic rings. The molecule has 1 unspecified atom stereocenters. The van der Waals surface area contributed by atoms with Gasteiger partial charge < -0.3 is 4.90 Å². The van der Waals surface area contributed by atoms with Crippen LogP contribution in [0.25, 0.3) is 0 Å². The largest absolute Gasteiger partial charge is 0.416 e. The Labute approximate surface area is 110 Å². The normalized spacial score (nSPS) is 20.8. The van der Waals surface area contributed by atoms with E-state index >= 15 is 0 Å². The molecule has 0 aromatic heterocycles. The highest BCUT2D eigenvalue weighted by Gasteiger charge is 2.33. The predicted molar refractivity (Wildman–Crippen MR) is 67.2 cm³/mol. The molecule has 104 valence electrons. The number of alkyl halides is 3. The molecule has 0 amide bonds. The fourth-order valence-corrected chi connectivity index (χ4v) is 2.36. The number of ketones is 1. The van der Waals surface area contributed by atoms with Gasteiger partial charge in [0, 0.05) is 31.1 Å². The van der Waals surface area contributed by atoms with E-state index in [1.807, 2.05) is 11.8 Å². The van der Waals surface area contributed by atoms with Crippen LogP contribution in [0.15, 0.2) is 18.2 Å². The van der Waals surface area contributed by atoms with Crippen molar-refractivity contribution in [2.45, 2.75) is 26.4 Å². The maximum absolute atomic E-state index is 12.9. The lowest BCUT2D eigenvalue weighted by Crippen LogP contribution is -2.39. The van der Waals surface area contributed by atoms with Crippen molar-refractivity contribution in [3.63, 3.8) is 0 Å². The summed E-state index contributed by atoms with van der Waals surface area (Å²) < 4.78 is 38.6. The minimum absolute atomic E-state index is 0.121. The third kappa shape index (κ3) is 2.91. The van der Waals surface area contributed by atoms with Crippen molar-refractivity contribution < 1.29 is 18.0 Å². The van der Waals surface area contributed by atoms with Gasteiger partial charge in [0.25, 0.3) is 0 Å². The molecule has 1 saturated heterocycles. The molecular weight excluding hydrogens is 255 g/mol. The first-order chi connectivity index (χ1) is 8.79. The van der Waals surface area contributed by atoms with E-state index in [4.69, 9.17) is 0 Å². The molecule has 1 atom stereocenters. The van der Waals surface area contributed by atoms with Crippen LogP contribution in [0.4, 0.5) is 18.9 Å². The molecule has 0 spiro atoms. The number of benzene rings is 1. The summed E-state index contributed by atoms with van der Waals surface area (Å²) >= 11 is 0. The van der Waals surface area contributed by atoms with E-state index in [0.717, 1.165) is 0 Å². The summed E-state index contributed by atoms with van der Waals surface area (Å²) in [5.41, 5.74) is 0.157. The molecule has 5 heteroatoms. The minimum Gasteiger partial charge on any atom is -0.370 e. The van der Waals surface area contributed by atoms with Crippen molar-refractivity contribution in [3.8, 4) is 0 Å². The van der Waals surface area contributed by atoms with E-state index in [-0.39, 0.29) is 17.3 Å². The number of piperidine rings is 1. The van der Waals surface area contributed by atoms with Crippen LogP contribution in [0, 0.1) is 12.8 Å². The SMILES string of the molecule is Cc1ccc(N2CCC(=O)C(C)C2)cc1C(F)(F)F. The van der Waals surface area contributed by atoms with Gasteiger partial charge in [-0.3, -0.25) is 4.79 Å². The summed E-state index contributed by atoms with van der Waals surface area (Å²) in [7, 11) is 0. The number of nitrogens with zero attached hydrogens (tertiary/aromatic N) is 1. The van der Waals surface area contributed by atoms with Crippen LogP contribution in [-0.2, 0) is 11.0 Å². The molecule has 1 aromatic carbocycles. The number of halogens is 3. The molecule has 0 saturated carbocycles. The topological polar surface area (TPSA) is 20.3 Å². The van der Waals surface area contributed by atoms with Crippen LogP contribution in [0.3, 0.4) is 0 Å². The Morgan fingerprint density at radius 3 is 2.58 bits per heavy atom. The second kappa shape index (κ2) is 4.87. The summed E-state index contributed by atoms with van der Waals surface area (Å²) in [6, 6.07) is 4.35. The quantitative estimate of drug-likeness (QED) is 0.780. The lowest BCUT2D eigenvalue weighted by Gasteiger charge is -2.32. The van der Waals surface area contributed by atoms with Gasteiger partial charge in [0.05, 0.1) is 5.56 Å². The molecule has 0 bridgehead atoms. The molecule has 2 rings (SSSR count). The van der Waals surface area contributed by atoms with Crippen LogP contribution >= 0.6 is 0 Å². The average Bonchev–Trinajstić information content (AvgIpc) is 2.32. The minimum atomic E-state index is -4.34. The molecule has 1 fully saturated rings. The molecular formula is C14H16F3NO. The molecule has 19 heavy (non-hydrogen) atoms.